The van der Waals surface area contributed by atoms with E-state index in [0.717, 1.165) is 11.4 Å². The van der Waals surface area contributed by atoms with Gasteiger partial charge in [-0.1, -0.05) is 0 Å². The molecular weight excluding hydrogens is 334 g/mol. The molecule has 0 fully saturated rings. The molecule has 3 heterocycles. The second-order valence-electron chi connectivity index (χ2n) is 5.71. The van der Waals surface area contributed by atoms with Crippen molar-refractivity contribution < 1.29 is 18.7 Å². The molecule has 26 heavy (non-hydrogen) atoms. The number of amides is 1. The Morgan fingerprint density at radius 3 is 2.77 bits per heavy atom. The minimum Gasteiger partial charge on any atom is -0.486 e. The van der Waals surface area contributed by atoms with Crippen LogP contribution < -0.4 is 20.1 Å². The maximum atomic E-state index is 12.5. The first-order chi connectivity index (χ1) is 12.8. The Balaban J connectivity index is 1.43. The van der Waals surface area contributed by atoms with E-state index in [1.807, 2.05) is 12.1 Å². The van der Waals surface area contributed by atoms with Gasteiger partial charge < -0.3 is 24.5 Å². The van der Waals surface area contributed by atoms with Crippen LogP contribution in [0.15, 0.2) is 59.5 Å². The third-order valence-electron chi connectivity index (χ3n) is 3.85. The first kappa shape index (κ1) is 16.0. The predicted molar refractivity (Wildman–Crippen MR) is 95.7 cm³/mol. The summed E-state index contributed by atoms with van der Waals surface area (Å²) >= 11 is 0. The number of ether oxygens (including phenoxy) is 2. The molecule has 0 aliphatic carbocycles. The van der Waals surface area contributed by atoms with Crippen molar-refractivity contribution >= 4 is 17.3 Å². The molecule has 4 rings (SSSR count). The Labute approximate surface area is 150 Å². The molecule has 0 radical (unpaired) electrons. The Bertz CT molecular complexity index is 909. The van der Waals surface area contributed by atoms with Gasteiger partial charge in [0.15, 0.2) is 11.5 Å². The number of furan rings is 1. The molecule has 1 aliphatic heterocycles. The second kappa shape index (κ2) is 7.18. The van der Waals surface area contributed by atoms with Crippen molar-refractivity contribution in [2.24, 2.45) is 0 Å². The average molecular weight is 351 g/mol. The van der Waals surface area contributed by atoms with Crippen LogP contribution in [-0.4, -0.2) is 24.1 Å². The maximum absolute atomic E-state index is 12.5. The molecule has 1 aliphatic rings. The molecule has 1 amide bonds. The van der Waals surface area contributed by atoms with E-state index < -0.39 is 0 Å². The zero-order valence-corrected chi connectivity index (χ0v) is 13.9. The van der Waals surface area contributed by atoms with Crippen LogP contribution in [-0.2, 0) is 6.54 Å². The number of aromatic nitrogens is 1. The van der Waals surface area contributed by atoms with Crippen molar-refractivity contribution in [3.8, 4) is 11.5 Å². The predicted octanol–water partition coefficient (Wildman–Crippen LogP) is 3.31. The SMILES string of the molecule is O=C(Nc1ccc2c(c1)OCCO2)c1cncc(NCc2ccco2)c1. The summed E-state index contributed by atoms with van der Waals surface area (Å²) in [5.41, 5.74) is 1.81. The second-order valence-corrected chi connectivity index (χ2v) is 5.71. The first-order valence-corrected chi connectivity index (χ1v) is 8.20. The minimum absolute atomic E-state index is 0.254. The maximum Gasteiger partial charge on any atom is 0.257 e. The summed E-state index contributed by atoms with van der Waals surface area (Å²) in [5, 5.41) is 6.02. The minimum atomic E-state index is -0.254. The number of fused-ring (bicyclic) bond motifs is 1. The van der Waals surface area contributed by atoms with E-state index in [1.165, 1.54) is 6.20 Å². The fourth-order valence-corrected chi connectivity index (χ4v) is 2.59. The lowest BCUT2D eigenvalue weighted by Gasteiger charge is -2.19. The van der Waals surface area contributed by atoms with Crippen molar-refractivity contribution in [2.75, 3.05) is 23.8 Å². The molecule has 132 valence electrons. The van der Waals surface area contributed by atoms with Gasteiger partial charge in [0.25, 0.3) is 5.91 Å². The molecular formula is C19H17N3O4. The Morgan fingerprint density at radius 2 is 1.92 bits per heavy atom. The van der Waals surface area contributed by atoms with E-state index in [0.29, 0.717) is 42.5 Å². The molecule has 2 N–H and O–H groups in total. The lowest BCUT2D eigenvalue weighted by Crippen LogP contribution is -2.16. The normalized spacial score (nSPS) is 12.5. The zero-order chi connectivity index (χ0) is 17.8. The highest BCUT2D eigenvalue weighted by Crippen LogP contribution is 2.32. The third kappa shape index (κ3) is 3.61. The van der Waals surface area contributed by atoms with Gasteiger partial charge in [0.05, 0.1) is 24.1 Å². The monoisotopic (exact) mass is 351 g/mol. The largest absolute Gasteiger partial charge is 0.486 e. The summed E-state index contributed by atoms with van der Waals surface area (Å²) in [6.45, 7) is 1.54. The molecule has 0 atom stereocenters. The van der Waals surface area contributed by atoms with Gasteiger partial charge >= 0.3 is 0 Å². The van der Waals surface area contributed by atoms with Crippen molar-refractivity contribution in [1.29, 1.82) is 0 Å². The van der Waals surface area contributed by atoms with Gasteiger partial charge in [-0.3, -0.25) is 9.78 Å². The van der Waals surface area contributed by atoms with Crippen molar-refractivity contribution in [2.45, 2.75) is 6.54 Å². The number of carbonyl (C=O) groups excluding carboxylic acids is 1. The summed E-state index contributed by atoms with van der Waals surface area (Å²) < 4.78 is 16.3. The lowest BCUT2D eigenvalue weighted by molar-refractivity contribution is 0.102. The van der Waals surface area contributed by atoms with E-state index in [2.05, 4.69) is 15.6 Å². The standard InChI is InChI=1S/C19H17N3O4/c23-19(22-14-3-4-17-18(9-14)26-7-6-25-17)13-8-15(11-20-10-13)21-12-16-2-1-5-24-16/h1-5,8-11,21H,6-7,12H2,(H,22,23). The van der Waals surface area contributed by atoms with Crippen LogP contribution in [0.2, 0.25) is 0 Å². The van der Waals surface area contributed by atoms with E-state index in [-0.39, 0.29) is 5.91 Å². The molecule has 2 aromatic heterocycles. The number of nitrogens with one attached hydrogen (secondary N) is 2. The first-order valence-electron chi connectivity index (χ1n) is 8.20. The van der Waals surface area contributed by atoms with Crippen molar-refractivity contribution in [3.05, 3.63) is 66.4 Å². The Hall–Kier alpha value is -3.48. The molecule has 7 heteroatoms. The number of benzene rings is 1. The number of hydrogen-bond donors (Lipinski definition) is 2. The number of nitrogens with zero attached hydrogens (tertiary/aromatic N) is 1. The quantitative estimate of drug-likeness (QED) is 0.733. The summed E-state index contributed by atoms with van der Waals surface area (Å²) in [6.07, 6.45) is 4.79. The summed E-state index contributed by atoms with van der Waals surface area (Å²) in [6, 6.07) is 10.7. The van der Waals surface area contributed by atoms with Crippen LogP contribution in [0.25, 0.3) is 0 Å². The average Bonchev–Trinajstić information content (AvgIpc) is 3.20. The van der Waals surface area contributed by atoms with Crippen LogP contribution in [0, 0.1) is 0 Å². The van der Waals surface area contributed by atoms with E-state index in [1.54, 1.807) is 36.7 Å². The van der Waals surface area contributed by atoms with Crippen molar-refractivity contribution in [3.63, 3.8) is 0 Å². The van der Waals surface area contributed by atoms with Gasteiger partial charge in [-0.2, -0.15) is 0 Å². The molecule has 1 aromatic carbocycles. The van der Waals surface area contributed by atoms with E-state index >= 15 is 0 Å². The van der Waals surface area contributed by atoms with Crippen LogP contribution >= 0.6 is 0 Å². The highest BCUT2D eigenvalue weighted by molar-refractivity contribution is 6.04. The highest BCUT2D eigenvalue weighted by atomic mass is 16.6. The van der Waals surface area contributed by atoms with E-state index in [9.17, 15) is 4.79 Å². The third-order valence-corrected chi connectivity index (χ3v) is 3.85. The lowest BCUT2D eigenvalue weighted by atomic mass is 10.2. The van der Waals surface area contributed by atoms with Gasteiger partial charge in [0.1, 0.15) is 19.0 Å². The van der Waals surface area contributed by atoms with Crippen LogP contribution in [0.4, 0.5) is 11.4 Å². The van der Waals surface area contributed by atoms with Gasteiger partial charge in [-0.25, -0.2) is 0 Å². The van der Waals surface area contributed by atoms with Gasteiger partial charge in [-0.15, -0.1) is 0 Å². The molecule has 0 unspecified atom stereocenters. The topological polar surface area (TPSA) is 85.6 Å². The Kier molecular flexibility index (Phi) is 4.42. The van der Waals surface area contributed by atoms with E-state index in [4.69, 9.17) is 13.9 Å². The van der Waals surface area contributed by atoms with Crippen LogP contribution in [0.1, 0.15) is 16.1 Å². The molecule has 0 spiro atoms. The fraction of sp³-hybridized carbons (Fsp3) is 0.158. The molecule has 0 saturated heterocycles. The summed E-state index contributed by atoms with van der Waals surface area (Å²) in [5.74, 6) is 1.85. The summed E-state index contributed by atoms with van der Waals surface area (Å²) in [7, 11) is 0. The van der Waals surface area contributed by atoms with Crippen molar-refractivity contribution in [1.82, 2.24) is 4.98 Å². The number of pyridine rings is 1. The molecule has 7 nitrogen and oxygen atoms in total. The van der Waals surface area contributed by atoms with Gasteiger partial charge in [0.2, 0.25) is 0 Å². The number of rotatable bonds is 5. The molecule has 0 saturated carbocycles. The smallest absolute Gasteiger partial charge is 0.257 e. The Morgan fingerprint density at radius 1 is 1.04 bits per heavy atom. The molecule has 0 bridgehead atoms. The highest BCUT2D eigenvalue weighted by Gasteiger charge is 2.14. The van der Waals surface area contributed by atoms with Crippen LogP contribution in [0.5, 0.6) is 11.5 Å². The number of anilines is 2. The zero-order valence-electron chi connectivity index (χ0n) is 13.9. The van der Waals surface area contributed by atoms with Gasteiger partial charge in [-0.05, 0) is 30.3 Å². The number of carbonyl (C=O) groups is 1. The fourth-order valence-electron chi connectivity index (χ4n) is 2.59. The molecule has 3 aromatic rings. The number of hydrogen-bond acceptors (Lipinski definition) is 6. The van der Waals surface area contributed by atoms with Gasteiger partial charge in [0, 0.05) is 24.1 Å². The summed E-state index contributed by atoms with van der Waals surface area (Å²) in [4.78, 5) is 16.6. The van der Waals surface area contributed by atoms with Crippen LogP contribution in [0.3, 0.4) is 0 Å².